The molecule has 0 aliphatic carbocycles. The highest BCUT2D eigenvalue weighted by molar-refractivity contribution is 5.11. The Hall–Kier alpha value is -1.22. The van der Waals surface area contributed by atoms with Crippen LogP contribution < -0.4 is 0 Å². The molecule has 1 aliphatic heterocycles. The zero-order valence-electron chi connectivity index (χ0n) is 12.9. The maximum Gasteiger partial charge on any atom is 0.182 e. The van der Waals surface area contributed by atoms with Crippen LogP contribution in [0, 0.1) is 0 Å². The molecule has 0 aromatic rings. The fraction of sp³-hybridized carbons (Fsp3) is 0.625. The van der Waals surface area contributed by atoms with Crippen molar-refractivity contribution in [2.45, 2.75) is 33.3 Å². The van der Waals surface area contributed by atoms with E-state index in [0.29, 0.717) is 0 Å². The molecule has 1 saturated heterocycles. The van der Waals surface area contributed by atoms with E-state index < -0.39 is 0 Å². The van der Waals surface area contributed by atoms with Gasteiger partial charge >= 0.3 is 0 Å². The first-order valence-corrected chi connectivity index (χ1v) is 6.95. The summed E-state index contributed by atoms with van der Waals surface area (Å²) in [7, 11) is 0. The predicted molar refractivity (Wildman–Crippen MR) is 81.9 cm³/mol. The number of allylic oxidation sites excluding steroid dienone is 2. The van der Waals surface area contributed by atoms with Crippen LogP contribution in [0.25, 0.3) is 0 Å². The lowest BCUT2D eigenvalue weighted by atomic mass is 10.2. The Labute approximate surface area is 118 Å². The summed E-state index contributed by atoms with van der Waals surface area (Å²) >= 11 is 0. The molecule has 19 heavy (non-hydrogen) atoms. The van der Waals surface area contributed by atoms with E-state index in [0.717, 1.165) is 44.2 Å². The van der Waals surface area contributed by atoms with E-state index in [2.05, 4.69) is 55.9 Å². The molecular formula is C16H28N2O. The van der Waals surface area contributed by atoms with E-state index in [1.807, 2.05) is 6.92 Å². The van der Waals surface area contributed by atoms with E-state index in [1.165, 1.54) is 0 Å². The van der Waals surface area contributed by atoms with Gasteiger partial charge in [0.15, 0.2) is 5.88 Å². The molecule has 1 aliphatic rings. The number of piperazine rings is 1. The van der Waals surface area contributed by atoms with Gasteiger partial charge in [-0.1, -0.05) is 24.3 Å². The number of ether oxygens (including phenoxy) is 1. The lowest BCUT2D eigenvalue weighted by molar-refractivity contribution is -0.00870. The average molecular weight is 264 g/mol. The van der Waals surface area contributed by atoms with E-state index >= 15 is 0 Å². The van der Waals surface area contributed by atoms with Gasteiger partial charge in [-0.25, -0.2) is 0 Å². The normalized spacial score (nSPS) is 17.8. The molecule has 0 aromatic carbocycles. The molecule has 108 valence electrons. The second-order valence-electron chi connectivity index (χ2n) is 6.14. The zero-order valence-corrected chi connectivity index (χ0v) is 12.9. The summed E-state index contributed by atoms with van der Waals surface area (Å²) in [4.78, 5) is 4.66. The van der Waals surface area contributed by atoms with Crippen LogP contribution in [-0.2, 0) is 4.74 Å². The third-order valence-electron chi connectivity index (χ3n) is 2.91. The lowest BCUT2D eigenvalue weighted by Crippen LogP contribution is -2.46. The van der Waals surface area contributed by atoms with Crippen LogP contribution in [0.15, 0.2) is 36.8 Å². The molecule has 0 N–H and O–H groups in total. The van der Waals surface area contributed by atoms with Gasteiger partial charge in [-0.05, 0) is 34.3 Å². The van der Waals surface area contributed by atoms with Crippen LogP contribution in [0.1, 0.15) is 27.7 Å². The summed E-state index contributed by atoms with van der Waals surface area (Å²) in [5.74, 6) is 0.796. The van der Waals surface area contributed by atoms with Gasteiger partial charge in [0, 0.05) is 32.7 Å². The largest absolute Gasteiger partial charge is 0.474 e. The SMILES string of the molecule is C=C(C)/C=C/CN1CCN(C(=C)OC(C)(C)C)CC1. The number of nitrogens with zero attached hydrogens (tertiary/aromatic N) is 2. The molecule has 3 nitrogen and oxygen atoms in total. The van der Waals surface area contributed by atoms with E-state index in [1.54, 1.807) is 0 Å². The van der Waals surface area contributed by atoms with Crippen molar-refractivity contribution >= 4 is 0 Å². The Balaban J connectivity index is 2.32. The van der Waals surface area contributed by atoms with E-state index in [4.69, 9.17) is 4.74 Å². The maximum absolute atomic E-state index is 5.81. The summed E-state index contributed by atoms with van der Waals surface area (Å²) in [6, 6.07) is 0. The van der Waals surface area contributed by atoms with Crippen molar-refractivity contribution in [2.75, 3.05) is 32.7 Å². The number of rotatable bonds is 5. The monoisotopic (exact) mass is 264 g/mol. The first-order valence-electron chi connectivity index (χ1n) is 6.95. The van der Waals surface area contributed by atoms with Gasteiger partial charge in [0.05, 0.1) is 0 Å². The summed E-state index contributed by atoms with van der Waals surface area (Å²) in [5.41, 5.74) is 0.934. The van der Waals surface area contributed by atoms with Gasteiger partial charge in [0.2, 0.25) is 0 Å². The average Bonchev–Trinajstić information content (AvgIpc) is 2.27. The smallest absolute Gasteiger partial charge is 0.182 e. The van der Waals surface area contributed by atoms with Crippen molar-refractivity contribution in [1.82, 2.24) is 9.80 Å². The summed E-state index contributed by atoms with van der Waals surface area (Å²) in [5, 5.41) is 0. The molecule has 1 fully saturated rings. The topological polar surface area (TPSA) is 15.7 Å². The third kappa shape index (κ3) is 6.48. The van der Waals surface area contributed by atoms with Gasteiger partial charge in [-0.15, -0.1) is 0 Å². The van der Waals surface area contributed by atoms with E-state index in [-0.39, 0.29) is 5.60 Å². The first-order chi connectivity index (χ1) is 8.78. The van der Waals surface area contributed by atoms with Crippen molar-refractivity contribution in [3.8, 4) is 0 Å². The molecule has 1 heterocycles. The van der Waals surface area contributed by atoms with Crippen molar-refractivity contribution in [3.63, 3.8) is 0 Å². The van der Waals surface area contributed by atoms with Crippen molar-refractivity contribution < 1.29 is 4.74 Å². The fourth-order valence-corrected chi connectivity index (χ4v) is 2.00. The van der Waals surface area contributed by atoms with Crippen molar-refractivity contribution in [2.24, 2.45) is 0 Å². The van der Waals surface area contributed by atoms with Crippen LogP contribution in [0.5, 0.6) is 0 Å². The van der Waals surface area contributed by atoms with Gasteiger partial charge in [0.25, 0.3) is 0 Å². The summed E-state index contributed by atoms with van der Waals surface area (Å²) in [6.07, 6.45) is 4.26. The Morgan fingerprint density at radius 2 is 1.74 bits per heavy atom. The van der Waals surface area contributed by atoms with Crippen molar-refractivity contribution in [3.05, 3.63) is 36.8 Å². The second kappa shape index (κ2) is 6.80. The Kier molecular flexibility index (Phi) is 5.67. The standard InChI is InChI=1S/C16H28N2O/c1-14(2)8-7-9-17-10-12-18(13-11-17)15(3)19-16(4,5)6/h7-8H,1,3,9-13H2,2,4-6H3/b8-7+. The Morgan fingerprint density at radius 3 is 2.21 bits per heavy atom. The minimum atomic E-state index is -0.168. The quantitative estimate of drug-likeness (QED) is 0.561. The highest BCUT2D eigenvalue weighted by Gasteiger charge is 2.21. The van der Waals surface area contributed by atoms with Crippen molar-refractivity contribution in [1.29, 1.82) is 0 Å². The van der Waals surface area contributed by atoms with Crippen LogP contribution in [0.2, 0.25) is 0 Å². The third-order valence-corrected chi connectivity index (χ3v) is 2.91. The van der Waals surface area contributed by atoms with Gasteiger partial charge in [-0.3, -0.25) is 4.90 Å². The Bertz CT molecular complexity index is 344. The highest BCUT2D eigenvalue weighted by atomic mass is 16.5. The molecule has 0 atom stereocenters. The first kappa shape index (κ1) is 15.8. The molecule has 0 bridgehead atoms. The molecule has 0 unspecified atom stereocenters. The molecule has 1 rings (SSSR count). The summed E-state index contributed by atoms with van der Waals surface area (Å²) in [6.45, 7) is 21.1. The highest BCUT2D eigenvalue weighted by Crippen LogP contribution is 2.17. The molecule has 3 heteroatoms. The molecule has 0 aromatic heterocycles. The van der Waals surface area contributed by atoms with Crippen LogP contribution in [-0.4, -0.2) is 48.1 Å². The fourth-order valence-electron chi connectivity index (χ4n) is 2.00. The minimum absolute atomic E-state index is 0.168. The van der Waals surface area contributed by atoms with E-state index in [9.17, 15) is 0 Å². The van der Waals surface area contributed by atoms with Crippen LogP contribution in [0.4, 0.5) is 0 Å². The van der Waals surface area contributed by atoms with Gasteiger partial charge < -0.3 is 9.64 Å². The number of hydrogen-bond acceptors (Lipinski definition) is 3. The van der Waals surface area contributed by atoms with Crippen LogP contribution in [0.3, 0.4) is 0 Å². The number of hydrogen-bond donors (Lipinski definition) is 0. The van der Waals surface area contributed by atoms with Crippen LogP contribution >= 0.6 is 0 Å². The summed E-state index contributed by atoms with van der Waals surface area (Å²) < 4.78 is 5.81. The van der Waals surface area contributed by atoms with Gasteiger partial charge in [-0.2, -0.15) is 0 Å². The molecule has 0 amide bonds. The Morgan fingerprint density at radius 1 is 1.16 bits per heavy atom. The zero-order chi connectivity index (χ0) is 14.5. The lowest BCUT2D eigenvalue weighted by Gasteiger charge is -2.38. The maximum atomic E-state index is 5.81. The predicted octanol–water partition coefficient (Wildman–Crippen LogP) is 3.02. The molecule has 0 spiro atoms. The second-order valence-corrected chi connectivity index (χ2v) is 6.14. The molecular weight excluding hydrogens is 236 g/mol. The van der Waals surface area contributed by atoms with Gasteiger partial charge in [0.1, 0.15) is 5.60 Å². The molecule has 0 radical (unpaired) electrons. The minimum Gasteiger partial charge on any atom is -0.474 e. The molecule has 0 saturated carbocycles.